The van der Waals surface area contributed by atoms with Crippen molar-refractivity contribution in [2.24, 2.45) is 11.3 Å². The molecule has 0 radical (unpaired) electrons. The Morgan fingerprint density at radius 2 is 0.788 bits per heavy atom. The zero-order valence-electron chi connectivity index (χ0n) is 35.7. The summed E-state index contributed by atoms with van der Waals surface area (Å²) in [6.45, 7) is 25.5. The second-order valence-corrected chi connectivity index (χ2v) is 16.7. The number of rotatable bonds is 0. The number of likely N-dealkylation sites (N-methyl/N-ethyl adjacent to an activating group) is 2. The predicted molar refractivity (Wildman–Crippen MR) is 221 cm³/mol. The molecule has 10 nitrogen and oxygen atoms in total. The summed E-state index contributed by atoms with van der Waals surface area (Å²) < 4.78 is 0. The van der Waals surface area contributed by atoms with Gasteiger partial charge in [-0.3, -0.25) is 9.97 Å². The van der Waals surface area contributed by atoms with Crippen molar-refractivity contribution < 1.29 is 0 Å². The van der Waals surface area contributed by atoms with Gasteiger partial charge in [0.25, 0.3) is 0 Å². The van der Waals surface area contributed by atoms with E-state index in [1.54, 1.807) is 12.4 Å². The molecule has 0 saturated carbocycles. The Balaban J connectivity index is 0.000000219. The number of likely N-dealkylation sites (tertiary alicyclic amines) is 4. The molecular weight excluding hydrogens is 645 g/mol. The van der Waals surface area contributed by atoms with E-state index < -0.39 is 0 Å². The van der Waals surface area contributed by atoms with Crippen molar-refractivity contribution in [2.75, 3.05) is 121 Å². The Labute approximate surface area is 320 Å². The van der Waals surface area contributed by atoms with Crippen molar-refractivity contribution in [3.05, 3.63) is 47.6 Å². The van der Waals surface area contributed by atoms with E-state index in [9.17, 15) is 0 Å². The molecule has 0 atom stereocenters. The number of hydrogen-bond acceptors (Lipinski definition) is 10. The summed E-state index contributed by atoms with van der Waals surface area (Å²) >= 11 is 0. The van der Waals surface area contributed by atoms with Crippen LogP contribution in [0.4, 0.5) is 0 Å². The number of hydrogen-bond donors (Lipinski definition) is 0. The normalized spacial score (nSPS) is 22.1. The zero-order valence-corrected chi connectivity index (χ0v) is 35.7. The highest BCUT2D eigenvalue weighted by molar-refractivity contribution is 5.00. The van der Waals surface area contributed by atoms with Gasteiger partial charge in [0, 0.05) is 51.0 Å². The van der Waals surface area contributed by atoms with Crippen LogP contribution in [-0.4, -0.2) is 170 Å². The molecule has 2 aromatic heterocycles. The molecule has 7 heterocycles. The number of nitrogens with zero attached hydrogens (tertiary/aromatic N) is 10. The molecule has 0 amide bonds. The highest BCUT2D eigenvalue weighted by Crippen LogP contribution is 2.40. The van der Waals surface area contributed by atoms with Crippen LogP contribution in [0.3, 0.4) is 0 Å². The van der Waals surface area contributed by atoms with Crippen LogP contribution in [0, 0.1) is 39.0 Å². The molecule has 7 rings (SSSR count). The maximum atomic E-state index is 4.02. The summed E-state index contributed by atoms with van der Waals surface area (Å²) in [5.74, 6) is 1.81. The van der Waals surface area contributed by atoms with Crippen molar-refractivity contribution in [1.29, 1.82) is 0 Å². The molecule has 0 unspecified atom stereocenters. The lowest BCUT2D eigenvalue weighted by molar-refractivity contribution is 0.0519. The first-order chi connectivity index (χ1) is 24.7. The van der Waals surface area contributed by atoms with Crippen molar-refractivity contribution in [3.63, 3.8) is 0 Å². The molecule has 0 aromatic carbocycles. The van der Waals surface area contributed by atoms with Gasteiger partial charge >= 0.3 is 0 Å². The van der Waals surface area contributed by atoms with Gasteiger partial charge in [-0.05, 0) is 191 Å². The first-order valence-corrected chi connectivity index (χ1v) is 20.4. The minimum absolute atomic E-state index is 0.735. The number of aromatic nitrogens is 4. The minimum atomic E-state index is 0.735. The lowest BCUT2D eigenvalue weighted by Gasteiger charge is -2.45. The summed E-state index contributed by atoms with van der Waals surface area (Å²) in [7, 11) is 13.2. The van der Waals surface area contributed by atoms with Crippen LogP contribution in [0.1, 0.15) is 87.5 Å². The van der Waals surface area contributed by atoms with E-state index in [1.807, 2.05) is 40.1 Å². The summed E-state index contributed by atoms with van der Waals surface area (Å²) in [5.41, 5.74) is 3.78. The van der Waals surface area contributed by atoms with E-state index in [0.29, 0.717) is 0 Å². The number of piperidine rings is 4. The van der Waals surface area contributed by atoms with Crippen LogP contribution < -0.4 is 0 Å². The van der Waals surface area contributed by atoms with Crippen LogP contribution in [0.2, 0.25) is 0 Å². The largest absolute Gasteiger partial charge is 0.306 e. The monoisotopic (exact) mass is 725 g/mol. The van der Waals surface area contributed by atoms with Gasteiger partial charge in [0.2, 0.25) is 0 Å². The fourth-order valence-corrected chi connectivity index (χ4v) is 6.70. The zero-order chi connectivity index (χ0) is 38.4. The van der Waals surface area contributed by atoms with E-state index in [0.717, 1.165) is 34.1 Å². The van der Waals surface area contributed by atoms with Crippen molar-refractivity contribution >= 4 is 0 Å². The molecule has 298 valence electrons. The smallest absolute Gasteiger partial charge is 0.125 e. The van der Waals surface area contributed by atoms with Gasteiger partial charge in [0.1, 0.15) is 5.82 Å². The molecule has 0 aliphatic carbocycles. The minimum Gasteiger partial charge on any atom is -0.306 e. The summed E-state index contributed by atoms with van der Waals surface area (Å²) in [5, 5.41) is 0. The van der Waals surface area contributed by atoms with Crippen LogP contribution in [-0.2, 0) is 0 Å². The predicted octanol–water partition coefficient (Wildman–Crippen LogP) is 5.92. The molecule has 2 aromatic rings. The second-order valence-electron chi connectivity index (χ2n) is 16.7. The summed E-state index contributed by atoms with van der Waals surface area (Å²) in [4.78, 5) is 30.4. The van der Waals surface area contributed by atoms with E-state index in [1.165, 1.54) is 136 Å². The molecule has 0 bridgehead atoms. The SMILES string of the molecule is CC1CCN(C)CC1.CN1CCC2(CC1)CCN(C)CC2.CN1CCCCC1.CN1CCN(C)CC1.Cc1cnc(C)cn1.Cc1cnc(C)nc1. The first-order valence-electron chi connectivity index (χ1n) is 20.4. The topological polar surface area (TPSA) is 71.0 Å². The maximum Gasteiger partial charge on any atom is 0.125 e. The van der Waals surface area contributed by atoms with E-state index in [-0.39, 0.29) is 0 Å². The van der Waals surface area contributed by atoms with Crippen molar-refractivity contribution in [2.45, 2.75) is 92.4 Å². The third-order valence-corrected chi connectivity index (χ3v) is 11.2. The molecule has 5 fully saturated rings. The van der Waals surface area contributed by atoms with Gasteiger partial charge in [0.15, 0.2) is 0 Å². The van der Waals surface area contributed by atoms with Gasteiger partial charge < -0.3 is 29.4 Å². The van der Waals surface area contributed by atoms with Crippen molar-refractivity contribution in [3.8, 4) is 0 Å². The summed E-state index contributed by atoms with van der Waals surface area (Å²) in [6, 6.07) is 0. The van der Waals surface area contributed by atoms with Crippen LogP contribution in [0.15, 0.2) is 24.8 Å². The van der Waals surface area contributed by atoms with Gasteiger partial charge in [-0.25, -0.2) is 9.97 Å². The van der Waals surface area contributed by atoms with Gasteiger partial charge in [0.05, 0.1) is 11.4 Å². The Bertz CT molecular complexity index is 973. The molecule has 5 aliphatic heterocycles. The molecule has 5 saturated heterocycles. The van der Waals surface area contributed by atoms with Gasteiger partial charge in [-0.2, -0.15) is 0 Å². The number of piperazine rings is 1. The molecule has 52 heavy (non-hydrogen) atoms. The number of aryl methyl sites for hydroxylation is 4. The molecule has 10 heteroatoms. The Morgan fingerprint density at radius 1 is 0.442 bits per heavy atom. The third kappa shape index (κ3) is 21.6. The second kappa shape index (κ2) is 25.9. The average molecular weight is 725 g/mol. The van der Waals surface area contributed by atoms with Crippen LogP contribution >= 0.6 is 0 Å². The van der Waals surface area contributed by atoms with Crippen LogP contribution in [0.5, 0.6) is 0 Å². The fraction of sp³-hybridized carbons (Fsp3) is 0.810. The van der Waals surface area contributed by atoms with Crippen LogP contribution in [0.25, 0.3) is 0 Å². The van der Waals surface area contributed by atoms with Crippen molar-refractivity contribution in [1.82, 2.24) is 49.3 Å². The standard InChI is InChI=1S/C11H22N2.C7H15N.C6H14N2.2C6H8N2.C6H13N/c1-12-7-3-11(4-8-12)5-9-13(2)10-6-11;2*1-7-3-5-8(2)6-4-7;1-5-3-8-6(2)4-7-5;1-5-3-7-6(2)8-4-5;1-7-5-3-2-4-6-7/h3-10H2,1-2H3;7H,3-6H2,1-2H3;3-6H2,1-2H3;2*3-4H,1-2H3;2-6H2,1H3. The fourth-order valence-electron chi connectivity index (χ4n) is 6.70. The Kier molecular flexibility index (Phi) is 22.9. The first kappa shape index (κ1) is 46.1. The van der Waals surface area contributed by atoms with Gasteiger partial charge in [-0.15, -0.1) is 0 Å². The average Bonchev–Trinajstić information content (AvgIpc) is 3.14. The molecule has 1 spiro atoms. The maximum absolute atomic E-state index is 4.02. The van der Waals surface area contributed by atoms with E-state index in [4.69, 9.17) is 0 Å². The third-order valence-electron chi connectivity index (χ3n) is 11.2. The highest BCUT2D eigenvalue weighted by Gasteiger charge is 2.35. The molecule has 0 N–H and O–H groups in total. The quantitative estimate of drug-likeness (QED) is 0.327. The lowest BCUT2D eigenvalue weighted by atomic mass is 9.71. The highest BCUT2D eigenvalue weighted by atomic mass is 15.2. The Morgan fingerprint density at radius 3 is 1.10 bits per heavy atom. The summed E-state index contributed by atoms with van der Waals surface area (Å²) in [6.07, 6.45) is 20.0. The Hall–Kier alpha value is -2.08. The molecule has 5 aliphatic rings. The van der Waals surface area contributed by atoms with E-state index >= 15 is 0 Å². The van der Waals surface area contributed by atoms with E-state index in [2.05, 4.69) is 98.5 Å². The lowest BCUT2D eigenvalue weighted by Crippen LogP contribution is -2.44. The molecular formula is C42H80N10. The van der Waals surface area contributed by atoms with Gasteiger partial charge in [-0.1, -0.05) is 13.3 Å².